The topological polar surface area (TPSA) is 42.4 Å². The van der Waals surface area contributed by atoms with Gasteiger partial charge in [0.2, 0.25) is 0 Å². The molecular formula is C16H20FNO2S. The zero-order valence-electron chi connectivity index (χ0n) is 12.7. The van der Waals surface area contributed by atoms with Crippen LogP contribution in [0.3, 0.4) is 0 Å². The molecule has 0 spiro atoms. The molecule has 0 fully saturated rings. The molecule has 0 radical (unpaired) electrons. The Kier molecular flexibility index (Phi) is 4.64. The molecule has 1 aromatic heterocycles. The number of benzene rings is 1. The van der Waals surface area contributed by atoms with E-state index in [1.54, 1.807) is 13.0 Å². The minimum absolute atomic E-state index is 0.00108. The third-order valence-corrected chi connectivity index (χ3v) is 3.93. The van der Waals surface area contributed by atoms with Gasteiger partial charge in [0, 0.05) is 10.8 Å². The van der Waals surface area contributed by atoms with Gasteiger partial charge in [-0.05, 0) is 24.6 Å². The van der Waals surface area contributed by atoms with Crippen molar-refractivity contribution in [2.45, 2.75) is 45.8 Å². The molecule has 3 nitrogen and oxygen atoms in total. The zero-order chi connectivity index (χ0) is 15.6. The summed E-state index contributed by atoms with van der Waals surface area (Å²) < 4.78 is 19.3. The highest BCUT2D eigenvalue weighted by Gasteiger charge is 2.17. The lowest BCUT2D eigenvalue weighted by molar-refractivity contribution is 0.198. The average Bonchev–Trinajstić information content (AvgIpc) is 2.85. The van der Waals surface area contributed by atoms with Gasteiger partial charge in [-0.1, -0.05) is 26.8 Å². The normalized spacial score (nSPS) is 13.2. The summed E-state index contributed by atoms with van der Waals surface area (Å²) in [5.74, 6) is -0.298. The lowest BCUT2D eigenvalue weighted by Gasteiger charge is -2.14. The van der Waals surface area contributed by atoms with E-state index in [1.165, 1.54) is 23.5 Å². The molecule has 0 saturated carbocycles. The molecule has 2 aromatic rings. The van der Waals surface area contributed by atoms with E-state index in [2.05, 4.69) is 25.8 Å². The SMILES string of the molecule is C[C@@H](O)c1ccc(OCc2nc(C(C)(C)C)cs2)c(F)c1. The van der Waals surface area contributed by atoms with Gasteiger partial charge < -0.3 is 9.84 Å². The number of aliphatic hydroxyl groups is 1. The van der Waals surface area contributed by atoms with Crippen molar-refractivity contribution in [3.05, 3.63) is 45.7 Å². The van der Waals surface area contributed by atoms with Crippen molar-refractivity contribution < 1.29 is 14.2 Å². The molecule has 1 atom stereocenters. The fourth-order valence-electron chi connectivity index (χ4n) is 1.76. The van der Waals surface area contributed by atoms with E-state index in [9.17, 15) is 9.50 Å². The van der Waals surface area contributed by atoms with Crippen LogP contribution in [0.4, 0.5) is 4.39 Å². The molecule has 21 heavy (non-hydrogen) atoms. The maximum Gasteiger partial charge on any atom is 0.165 e. The first-order valence-electron chi connectivity index (χ1n) is 6.82. The second kappa shape index (κ2) is 6.12. The molecule has 114 valence electrons. The molecule has 1 N–H and O–H groups in total. The van der Waals surface area contributed by atoms with Crippen LogP contribution in [0.25, 0.3) is 0 Å². The van der Waals surface area contributed by atoms with Crippen molar-refractivity contribution in [3.8, 4) is 5.75 Å². The number of ether oxygens (including phenoxy) is 1. The minimum Gasteiger partial charge on any atom is -0.483 e. The van der Waals surface area contributed by atoms with Crippen LogP contribution >= 0.6 is 11.3 Å². The molecule has 0 bridgehead atoms. The number of hydrogen-bond donors (Lipinski definition) is 1. The predicted molar refractivity (Wildman–Crippen MR) is 82.2 cm³/mol. The largest absolute Gasteiger partial charge is 0.483 e. The lowest BCUT2D eigenvalue weighted by Crippen LogP contribution is -2.11. The summed E-state index contributed by atoms with van der Waals surface area (Å²) in [6, 6.07) is 4.49. The monoisotopic (exact) mass is 309 g/mol. The van der Waals surface area contributed by atoms with E-state index in [0.717, 1.165) is 10.7 Å². The molecule has 5 heteroatoms. The quantitative estimate of drug-likeness (QED) is 0.920. The van der Waals surface area contributed by atoms with Gasteiger partial charge >= 0.3 is 0 Å². The summed E-state index contributed by atoms with van der Waals surface area (Å²) in [4.78, 5) is 4.50. The van der Waals surface area contributed by atoms with Gasteiger partial charge in [-0.2, -0.15) is 0 Å². The van der Waals surface area contributed by atoms with Gasteiger partial charge in [0.25, 0.3) is 0 Å². The van der Waals surface area contributed by atoms with E-state index in [4.69, 9.17) is 4.74 Å². The molecule has 0 amide bonds. The maximum atomic E-state index is 13.9. The summed E-state index contributed by atoms with van der Waals surface area (Å²) in [5.41, 5.74) is 1.54. The highest BCUT2D eigenvalue weighted by molar-refractivity contribution is 7.09. The number of rotatable bonds is 4. The summed E-state index contributed by atoms with van der Waals surface area (Å²) >= 11 is 1.51. The summed E-state index contributed by atoms with van der Waals surface area (Å²) in [6.45, 7) is 8.13. The van der Waals surface area contributed by atoms with Crippen LogP contribution < -0.4 is 4.74 Å². The fraction of sp³-hybridized carbons (Fsp3) is 0.438. The Morgan fingerprint density at radius 3 is 2.62 bits per heavy atom. The van der Waals surface area contributed by atoms with Crippen molar-refractivity contribution in [1.82, 2.24) is 4.98 Å². The van der Waals surface area contributed by atoms with Crippen LogP contribution in [0, 0.1) is 5.82 Å². The van der Waals surface area contributed by atoms with Crippen LogP contribution in [-0.4, -0.2) is 10.1 Å². The average molecular weight is 309 g/mol. The Labute approximate surface area is 128 Å². The van der Waals surface area contributed by atoms with Crippen LogP contribution in [0.1, 0.15) is 50.1 Å². The molecule has 1 aromatic carbocycles. The zero-order valence-corrected chi connectivity index (χ0v) is 13.5. The van der Waals surface area contributed by atoms with E-state index >= 15 is 0 Å². The summed E-state index contributed by atoms with van der Waals surface area (Å²) in [6.07, 6.45) is -0.693. The van der Waals surface area contributed by atoms with E-state index in [-0.39, 0.29) is 17.8 Å². The lowest BCUT2D eigenvalue weighted by atomic mass is 9.93. The highest BCUT2D eigenvalue weighted by atomic mass is 32.1. The van der Waals surface area contributed by atoms with Gasteiger partial charge in [-0.3, -0.25) is 0 Å². The molecule has 0 aliphatic heterocycles. The molecule has 0 unspecified atom stereocenters. The number of halogens is 1. The second-order valence-corrected chi connectivity index (χ2v) is 6.97. The summed E-state index contributed by atoms with van der Waals surface area (Å²) in [7, 11) is 0. The third kappa shape index (κ3) is 4.02. The minimum atomic E-state index is -0.693. The van der Waals surface area contributed by atoms with Crippen molar-refractivity contribution in [3.63, 3.8) is 0 Å². The van der Waals surface area contributed by atoms with E-state index in [1.807, 2.05) is 5.38 Å². The predicted octanol–water partition coefficient (Wildman–Crippen LogP) is 4.21. The smallest absolute Gasteiger partial charge is 0.165 e. The van der Waals surface area contributed by atoms with Crippen molar-refractivity contribution >= 4 is 11.3 Å². The fourth-order valence-corrected chi connectivity index (χ4v) is 2.69. The molecule has 0 aliphatic rings. The van der Waals surface area contributed by atoms with Crippen molar-refractivity contribution in [1.29, 1.82) is 0 Å². The highest BCUT2D eigenvalue weighted by Crippen LogP contribution is 2.26. The first kappa shape index (κ1) is 15.9. The number of hydrogen-bond acceptors (Lipinski definition) is 4. The van der Waals surface area contributed by atoms with Gasteiger partial charge in [-0.15, -0.1) is 11.3 Å². The first-order chi connectivity index (χ1) is 9.77. The number of aliphatic hydroxyl groups excluding tert-OH is 1. The number of nitrogens with zero attached hydrogens (tertiary/aromatic N) is 1. The second-order valence-electron chi connectivity index (χ2n) is 6.03. The van der Waals surface area contributed by atoms with Gasteiger partial charge in [0.15, 0.2) is 11.6 Å². The van der Waals surface area contributed by atoms with Crippen LogP contribution in [0.5, 0.6) is 5.75 Å². The Balaban J connectivity index is 2.05. The Morgan fingerprint density at radius 1 is 1.38 bits per heavy atom. The number of thiazole rings is 1. The molecule has 1 heterocycles. The standard InChI is InChI=1S/C16H20FNO2S/c1-10(19)11-5-6-13(12(17)7-11)20-8-15-18-14(9-21-15)16(2,3)4/h5-7,9-10,19H,8H2,1-4H3/t10-/m1/s1. The van der Waals surface area contributed by atoms with E-state index < -0.39 is 11.9 Å². The van der Waals surface area contributed by atoms with Gasteiger partial charge in [-0.25, -0.2) is 9.37 Å². The van der Waals surface area contributed by atoms with Crippen LogP contribution in [-0.2, 0) is 12.0 Å². The Morgan fingerprint density at radius 2 is 2.10 bits per heavy atom. The first-order valence-corrected chi connectivity index (χ1v) is 7.70. The maximum absolute atomic E-state index is 13.9. The number of aromatic nitrogens is 1. The Hall–Kier alpha value is -1.46. The van der Waals surface area contributed by atoms with Gasteiger partial charge in [0.05, 0.1) is 11.8 Å². The molecular weight excluding hydrogens is 289 g/mol. The third-order valence-electron chi connectivity index (χ3n) is 3.11. The van der Waals surface area contributed by atoms with Crippen LogP contribution in [0.15, 0.2) is 23.6 Å². The molecule has 2 rings (SSSR count). The van der Waals surface area contributed by atoms with Gasteiger partial charge in [0.1, 0.15) is 11.6 Å². The Bertz CT molecular complexity index is 617. The molecule has 0 saturated heterocycles. The van der Waals surface area contributed by atoms with Crippen molar-refractivity contribution in [2.24, 2.45) is 0 Å². The van der Waals surface area contributed by atoms with E-state index in [0.29, 0.717) is 5.56 Å². The summed E-state index contributed by atoms with van der Waals surface area (Å²) in [5, 5.41) is 12.2. The van der Waals surface area contributed by atoms with Crippen molar-refractivity contribution in [2.75, 3.05) is 0 Å². The van der Waals surface area contributed by atoms with Crippen LogP contribution in [0.2, 0.25) is 0 Å². The molecule has 0 aliphatic carbocycles.